The number of sulfonamides is 1. The lowest BCUT2D eigenvalue weighted by Gasteiger charge is -2.31. The Morgan fingerprint density at radius 2 is 1.70 bits per heavy atom. The molecule has 1 aromatic rings. The number of piperidine rings is 1. The van der Waals surface area contributed by atoms with Crippen molar-refractivity contribution in [1.82, 2.24) is 9.62 Å². The summed E-state index contributed by atoms with van der Waals surface area (Å²) >= 11 is 0. The van der Waals surface area contributed by atoms with Crippen LogP contribution in [0.5, 0.6) is 0 Å². The Labute approximate surface area is 163 Å². The molecule has 0 unspecified atom stereocenters. The van der Waals surface area contributed by atoms with Gasteiger partial charge in [0, 0.05) is 24.8 Å². The zero-order valence-electron chi connectivity index (χ0n) is 16.8. The average molecular weight is 396 g/mol. The molecule has 7 heteroatoms. The van der Waals surface area contributed by atoms with Crippen LogP contribution < -0.4 is 10.0 Å². The molecule has 0 bridgehead atoms. The van der Waals surface area contributed by atoms with Gasteiger partial charge in [-0.1, -0.05) is 39.0 Å². The van der Waals surface area contributed by atoms with E-state index in [-0.39, 0.29) is 17.7 Å². The number of amides is 1. The van der Waals surface area contributed by atoms with Gasteiger partial charge in [-0.25, -0.2) is 13.1 Å². The molecule has 1 heterocycles. The number of nitrogens with zero attached hydrogens (tertiary/aromatic N) is 1. The highest BCUT2D eigenvalue weighted by atomic mass is 32.2. The van der Waals surface area contributed by atoms with Crippen molar-refractivity contribution in [2.45, 2.75) is 58.9 Å². The van der Waals surface area contributed by atoms with E-state index in [4.69, 9.17) is 0 Å². The van der Waals surface area contributed by atoms with Gasteiger partial charge in [0.15, 0.2) is 0 Å². The second kappa shape index (κ2) is 10.2. The van der Waals surface area contributed by atoms with E-state index in [1.165, 1.54) is 0 Å². The highest BCUT2D eigenvalue weighted by Gasteiger charge is 2.24. The van der Waals surface area contributed by atoms with E-state index in [2.05, 4.69) is 40.9 Å². The quantitative estimate of drug-likeness (QED) is 0.673. The maximum absolute atomic E-state index is 12.5. The summed E-state index contributed by atoms with van der Waals surface area (Å²) in [6.07, 6.45) is 3.86. The number of nitrogens with one attached hydrogen (secondary N) is 2. The highest BCUT2D eigenvalue weighted by molar-refractivity contribution is 7.89. The Morgan fingerprint density at radius 3 is 2.22 bits per heavy atom. The van der Waals surface area contributed by atoms with Gasteiger partial charge in [-0.2, -0.15) is 0 Å². The topological polar surface area (TPSA) is 78.5 Å². The number of para-hydroxylation sites is 1. The predicted octanol–water partition coefficient (Wildman–Crippen LogP) is 2.54. The number of carbonyl (C=O) groups excluding carboxylic acids is 1. The monoisotopic (exact) mass is 395 g/mol. The fourth-order valence-corrected chi connectivity index (χ4v) is 4.97. The van der Waals surface area contributed by atoms with E-state index in [9.17, 15) is 13.2 Å². The van der Waals surface area contributed by atoms with Crippen LogP contribution in [0.2, 0.25) is 0 Å². The Morgan fingerprint density at radius 1 is 1.11 bits per heavy atom. The lowest BCUT2D eigenvalue weighted by atomic mass is 10.0. The lowest BCUT2D eigenvalue weighted by Crippen LogP contribution is -2.47. The second-order valence-corrected chi connectivity index (χ2v) is 9.07. The van der Waals surface area contributed by atoms with Gasteiger partial charge >= 0.3 is 0 Å². The minimum atomic E-state index is -3.18. The van der Waals surface area contributed by atoms with Crippen LogP contribution in [-0.4, -0.2) is 50.7 Å². The highest BCUT2D eigenvalue weighted by Crippen LogP contribution is 2.22. The Bertz CT molecular complexity index is 704. The zero-order valence-corrected chi connectivity index (χ0v) is 17.6. The summed E-state index contributed by atoms with van der Waals surface area (Å²) in [6.45, 7) is 7.84. The fourth-order valence-electron chi connectivity index (χ4n) is 3.58. The van der Waals surface area contributed by atoms with Crippen molar-refractivity contribution >= 4 is 21.6 Å². The first kappa shape index (κ1) is 21.9. The number of hydrogen-bond acceptors (Lipinski definition) is 4. The van der Waals surface area contributed by atoms with Gasteiger partial charge in [0.05, 0.1) is 12.3 Å². The number of carbonyl (C=O) groups is 1. The molecule has 0 radical (unpaired) electrons. The average Bonchev–Trinajstić information content (AvgIpc) is 2.63. The van der Waals surface area contributed by atoms with Gasteiger partial charge in [0.1, 0.15) is 0 Å². The maximum Gasteiger partial charge on any atom is 0.238 e. The molecule has 152 valence electrons. The molecule has 1 aliphatic heterocycles. The van der Waals surface area contributed by atoms with E-state index in [1.807, 2.05) is 13.0 Å². The molecule has 0 aromatic heterocycles. The summed E-state index contributed by atoms with van der Waals surface area (Å²) in [4.78, 5) is 14.6. The largest absolute Gasteiger partial charge is 0.324 e. The van der Waals surface area contributed by atoms with Crippen LogP contribution in [-0.2, 0) is 27.7 Å². The van der Waals surface area contributed by atoms with Gasteiger partial charge in [0.25, 0.3) is 0 Å². The lowest BCUT2D eigenvalue weighted by molar-refractivity contribution is -0.117. The summed E-state index contributed by atoms with van der Waals surface area (Å²) in [6, 6.07) is 6.14. The molecule has 1 amide bonds. The Kier molecular flexibility index (Phi) is 8.26. The van der Waals surface area contributed by atoms with Gasteiger partial charge in [-0.05, 0) is 43.2 Å². The van der Waals surface area contributed by atoms with E-state index in [0.717, 1.165) is 55.6 Å². The molecule has 0 atom stereocenters. The minimum absolute atomic E-state index is 0.00406. The van der Waals surface area contributed by atoms with Crippen LogP contribution in [0.1, 0.15) is 51.2 Å². The molecule has 0 aliphatic carbocycles. The molecule has 6 nitrogen and oxygen atoms in total. The molecule has 2 rings (SSSR count). The Hall–Kier alpha value is -1.44. The molecule has 1 saturated heterocycles. The first-order valence-electron chi connectivity index (χ1n) is 10.0. The molecule has 1 aromatic carbocycles. The minimum Gasteiger partial charge on any atom is -0.324 e. The number of hydrogen-bond donors (Lipinski definition) is 2. The maximum atomic E-state index is 12.5. The smallest absolute Gasteiger partial charge is 0.238 e. The number of aryl methyl sites for hydroxylation is 2. The Balaban J connectivity index is 1.87. The van der Waals surface area contributed by atoms with Crippen molar-refractivity contribution in [1.29, 1.82) is 0 Å². The van der Waals surface area contributed by atoms with Crippen LogP contribution in [0.3, 0.4) is 0 Å². The normalized spacial score (nSPS) is 16.4. The molecular formula is C20H33N3O3S. The summed E-state index contributed by atoms with van der Waals surface area (Å²) < 4.78 is 26.6. The molecular weight excluding hydrogens is 362 g/mol. The predicted molar refractivity (Wildman–Crippen MR) is 111 cm³/mol. The van der Waals surface area contributed by atoms with Crippen molar-refractivity contribution in [2.75, 3.05) is 30.7 Å². The van der Waals surface area contributed by atoms with Crippen molar-refractivity contribution in [3.8, 4) is 0 Å². The third-order valence-electron chi connectivity index (χ3n) is 5.04. The van der Waals surface area contributed by atoms with Gasteiger partial charge < -0.3 is 5.32 Å². The molecule has 27 heavy (non-hydrogen) atoms. The standard InChI is InChI=1S/C20H33N3O3S/c1-4-14-27(25,26)22-18-10-12-23(13-11-18)15-19(24)21-20-16(5-2)8-7-9-17(20)6-3/h7-9,18,22H,4-6,10-15H2,1-3H3,(H,21,24). The number of likely N-dealkylation sites (tertiary alicyclic amines) is 1. The first-order valence-corrected chi connectivity index (χ1v) is 11.7. The zero-order chi connectivity index (χ0) is 19.9. The molecule has 1 aliphatic rings. The summed E-state index contributed by atoms with van der Waals surface area (Å²) in [5.74, 6) is 0.169. The first-order chi connectivity index (χ1) is 12.9. The summed E-state index contributed by atoms with van der Waals surface area (Å²) in [7, 11) is -3.18. The third kappa shape index (κ3) is 6.59. The van der Waals surface area contributed by atoms with E-state index >= 15 is 0 Å². The van der Waals surface area contributed by atoms with Crippen molar-refractivity contribution in [3.63, 3.8) is 0 Å². The third-order valence-corrected chi connectivity index (χ3v) is 6.68. The van der Waals surface area contributed by atoms with E-state index in [0.29, 0.717) is 13.0 Å². The van der Waals surface area contributed by atoms with Crippen molar-refractivity contribution in [2.24, 2.45) is 0 Å². The van der Waals surface area contributed by atoms with Crippen molar-refractivity contribution < 1.29 is 13.2 Å². The van der Waals surface area contributed by atoms with E-state index < -0.39 is 10.0 Å². The van der Waals surface area contributed by atoms with Gasteiger partial charge in [0.2, 0.25) is 15.9 Å². The van der Waals surface area contributed by atoms with Crippen LogP contribution >= 0.6 is 0 Å². The molecule has 1 fully saturated rings. The van der Waals surface area contributed by atoms with Gasteiger partial charge in [-0.3, -0.25) is 9.69 Å². The van der Waals surface area contributed by atoms with Crippen LogP contribution in [0.4, 0.5) is 5.69 Å². The molecule has 0 saturated carbocycles. The fraction of sp³-hybridized carbons (Fsp3) is 0.650. The summed E-state index contributed by atoms with van der Waals surface area (Å²) in [5, 5.41) is 3.10. The number of rotatable bonds is 9. The summed E-state index contributed by atoms with van der Waals surface area (Å²) in [5.41, 5.74) is 3.27. The SMILES string of the molecule is CCCS(=O)(=O)NC1CCN(CC(=O)Nc2c(CC)cccc2CC)CC1. The second-order valence-electron chi connectivity index (χ2n) is 7.19. The number of anilines is 1. The van der Waals surface area contributed by atoms with Crippen molar-refractivity contribution in [3.05, 3.63) is 29.3 Å². The van der Waals surface area contributed by atoms with Crippen LogP contribution in [0.25, 0.3) is 0 Å². The molecule has 0 spiro atoms. The van der Waals surface area contributed by atoms with E-state index in [1.54, 1.807) is 0 Å². The molecule has 2 N–H and O–H groups in total. The van der Waals surface area contributed by atoms with Gasteiger partial charge in [-0.15, -0.1) is 0 Å². The number of benzene rings is 1. The van der Waals surface area contributed by atoms with Crippen LogP contribution in [0.15, 0.2) is 18.2 Å². The van der Waals surface area contributed by atoms with Crippen LogP contribution in [0, 0.1) is 0 Å².